The van der Waals surface area contributed by atoms with Crippen molar-refractivity contribution in [2.45, 2.75) is 12.8 Å². The zero-order valence-electron chi connectivity index (χ0n) is 9.71. The minimum Gasteiger partial charge on any atom is -0.457 e. The van der Waals surface area contributed by atoms with E-state index in [4.69, 9.17) is 16.3 Å². The molecule has 0 aliphatic carbocycles. The summed E-state index contributed by atoms with van der Waals surface area (Å²) in [7, 11) is 0. The van der Waals surface area contributed by atoms with E-state index in [1.165, 1.54) is 0 Å². The number of ether oxygens (including phenoxy) is 1. The van der Waals surface area contributed by atoms with Crippen LogP contribution in [0.1, 0.15) is 11.1 Å². The summed E-state index contributed by atoms with van der Waals surface area (Å²) < 4.78 is 31.5. The van der Waals surface area contributed by atoms with Crippen LogP contribution in [0.2, 0.25) is 0 Å². The molecule has 0 fully saturated rings. The normalized spacial score (nSPS) is 10.4. The summed E-state index contributed by atoms with van der Waals surface area (Å²) in [6.45, 7) is 1.85. The van der Waals surface area contributed by atoms with Gasteiger partial charge in [0.15, 0.2) is 0 Å². The van der Waals surface area contributed by atoms with Gasteiger partial charge < -0.3 is 4.74 Å². The Morgan fingerprint density at radius 2 is 1.72 bits per heavy atom. The lowest BCUT2D eigenvalue weighted by atomic mass is 10.1. The number of alkyl halides is 1. The zero-order chi connectivity index (χ0) is 13.1. The first-order valence-corrected chi connectivity index (χ1v) is 5.91. The Hall–Kier alpha value is -1.61. The highest BCUT2D eigenvalue weighted by Gasteiger charge is 2.05. The molecule has 0 atom stereocenters. The standard InChI is InChI=1S/C14H11ClF2O/c1-9-4-10(8-15)2-3-14(9)18-13-6-11(16)5-12(17)7-13/h2-7H,8H2,1H3. The molecule has 0 bridgehead atoms. The average molecular weight is 269 g/mol. The Morgan fingerprint density at radius 1 is 1.06 bits per heavy atom. The number of halogens is 3. The van der Waals surface area contributed by atoms with Crippen LogP contribution in [0, 0.1) is 18.6 Å². The first kappa shape index (κ1) is 12.8. The van der Waals surface area contributed by atoms with Crippen molar-refractivity contribution in [1.82, 2.24) is 0 Å². The Labute approximate surface area is 109 Å². The second kappa shape index (κ2) is 5.36. The molecule has 2 rings (SSSR count). The van der Waals surface area contributed by atoms with E-state index in [9.17, 15) is 8.78 Å². The third-order valence-electron chi connectivity index (χ3n) is 2.46. The molecule has 0 unspecified atom stereocenters. The lowest BCUT2D eigenvalue weighted by Gasteiger charge is -2.10. The van der Waals surface area contributed by atoms with Crippen molar-refractivity contribution in [3.05, 3.63) is 59.2 Å². The van der Waals surface area contributed by atoms with Gasteiger partial charge in [0.1, 0.15) is 23.1 Å². The molecule has 4 heteroatoms. The second-order valence-electron chi connectivity index (χ2n) is 3.94. The van der Waals surface area contributed by atoms with Crippen molar-refractivity contribution in [1.29, 1.82) is 0 Å². The number of hydrogen-bond acceptors (Lipinski definition) is 1. The fourth-order valence-electron chi connectivity index (χ4n) is 1.62. The maximum Gasteiger partial charge on any atom is 0.133 e. The van der Waals surface area contributed by atoms with Gasteiger partial charge in [-0.25, -0.2) is 8.78 Å². The van der Waals surface area contributed by atoms with Crippen LogP contribution in [0.25, 0.3) is 0 Å². The van der Waals surface area contributed by atoms with Gasteiger partial charge in [-0.15, -0.1) is 11.6 Å². The predicted octanol–water partition coefficient (Wildman–Crippen LogP) is 4.80. The van der Waals surface area contributed by atoms with Crippen LogP contribution in [-0.2, 0) is 5.88 Å². The molecule has 0 saturated carbocycles. The third-order valence-corrected chi connectivity index (χ3v) is 2.77. The topological polar surface area (TPSA) is 9.23 Å². The zero-order valence-corrected chi connectivity index (χ0v) is 10.5. The van der Waals surface area contributed by atoms with Crippen LogP contribution in [0.4, 0.5) is 8.78 Å². The number of benzene rings is 2. The van der Waals surface area contributed by atoms with Gasteiger partial charge in [0.05, 0.1) is 0 Å². The molecule has 0 N–H and O–H groups in total. The Bertz CT molecular complexity index is 549. The molecule has 0 aliphatic heterocycles. The van der Waals surface area contributed by atoms with Crippen molar-refractivity contribution >= 4 is 11.6 Å². The summed E-state index contributed by atoms with van der Waals surface area (Å²) in [4.78, 5) is 0. The van der Waals surface area contributed by atoms with Crippen molar-refractivity contribution in [2.75, 3.05) is 0 Å². The molecule has 0 saturated heterocycles. The minimum absolute atomic E-state index is 0.134. The number of aryl methyl sites for hydroxylation is 1. The van der Waals surface area contributed by atoms with E-state index in [-0.39, 0.29) is 5.75 Å². The van der Waals surface area contributed by atoms with Crippen molar-refractivity contribution < 1.29 is 13.5 Å². The molecule has 0 spiro atoms. The van der Waals surface area contributed by atoms with Crippen LogP contribution in [-0.4, -0.2) is 0 Å². The van der Waals surface area contributed by atoms with Gasteiger partial charge in [-0.3, -0.25) is 0 Å². The molecule has 94 valence electrons. The van der Waals surface area contributed by atoms with E-state index in [2.05, 4.69) is 0 Å². The smallest absolute Gasteiger partial charge is 0.133 e. The number of hydrogen-bond donors (Lipinski definition) is 0. The van der Waals surface area contributed by atoms with Crippen LogP contribution in [0.5, 0.6) is 11.5 Å². The Kier molecular flexibility index (Phi) is 3.82. The average Bonchev–Trinajstić information content (AvgIpc) is 2.30. The summed E-state index contributed by atoms with van der Waals surface area (Å²) in [5.74, 6) is -0.237. The van der Waals surface area contributed by atoms with E-state index in [1.807, 2.05) is 19.1 Å². The molecule has 2 aromatic carbocycles. The lowest BCUT2D eigenvalue weighted by molar-refractivity contribution is 0.465. The maximum atomic E-state index is 13.0. The first-order valence-electron chi connectivity index (χ1n) is 5.38. The fraction of sp³-hybridized carbons (Fsp3) is 0.143. The largest absolute Gasteiger partial charge is 0.457 e. The van der Waals surface area contributed by atoms with E-state index in [0.717, 1.165) is 29.3 Å². The van der Waals surface area contributed by atoms with Crippen LogP contribution < -0.4 is 4.74 Å². The van der Waals surface area contributed by atoms with Crippen molar-refractivity contribution in [2.24, 2.45) is 0 Å². The quantitative estimate of drug-likeness (QED) is 0.726. The molecule has 18 heavy (non-hydrogen) atoms. The molecule has 0 amide bonds. The summed E-state index contributed by atoms with van der Waals surface area (Å²) >= 11 is 5.71. The van der Waals surface area contributed by atoms with Gasteiger partial charge in [0.25, 0.3) is 0 Å². The Morgan fingerprint density at radius 3 is 2.28 bits per heavy atom. The summed E-state index contributed by atoms with van der Waals surface area (Å²) in [6, 6.07) is 8.49. The van der Waals surface area contributed by atoms with Gasteiger partial charge in [-0.1, -0.05) is 12.1 Å². The highest BCUT2D eigenvalue weighted by Crippen LogP contribution is 2.27. The first-order chi connectivity index (χ1) is 8.58. The van der Waals surface area contributed by atoms with Gasteiger partial charge in [-0.05, 0) is 24.1 Å². The monoisotopic (exact) mass is 268 g/mol. The van der Waals surface area contributed by atoms with Crippen LogP contribution in [0.3, 0.4) is 0 Å². The Balaban J connectivity index is 2.28. The van der Waals surface area contributed by atoms with Gasteiger partial charge >= 0.3 is 0 Å². The highest BCUT2D eigenvalue weighted by atomic mass is 35.5. The SMILES string of the molecule is Cc1cc(CCl)ccc1Oc1cc(F)cc(F)c1. The van der Waals surface area contributed by atoms with E-state index >= 15 is 0 Å². The summed E-state index contributed by atoms with van der Waals surface area (Å²) in [5.41, 5.74) is 1.82. The molecule has 0 heterocycles. The summed E-state index contributed by atoms with van der Waals surface area (Å²) in [5, 5.41) is 0. The van der Waals surface area contributed by atoms with E-state index in [0.29, 0.717) is 11.6 Å². The molecule has 0 aromatic heterocycles. The maximum absolute atomic E-state index is 13.0. The predicted molar refractivity (Wildman–Crippen MR) is 67.2 cm³/mol. The van der Waals surface area contributed by atoms with E-state index in [1.54, 1.807) is 6.07 Å². The van der Waals surface area contributed by atoms with Gasteiger partial charge in [0, 0.05) is 24.1 Å². The van der Waals surface area contributed by atoms with Crippen LogP contribution >= 0.6 is 11.6 Å². The second-order valence-corrected chi connectivity index (χ2v) is 4.21. The molecule has 2 aromatic rings. The van der Waals surface area contributed by atoms with Crippen molar-refractivity contribution in [3.63, 3.8) is 0 Å². The van der Waals surface area contributed by atoms with Gasteiger partial charge in [0.2, 0.25) is 0 Å². The van der Waals surface area contributed by atoms with E-state index < -0.39 is 11.6 Å². The highest BCUT2D eigenvalue weighted by molar-refractivity contribution is 6.17. The third kappa shape index (κ3) is 2.99. The molecule has 0 radical (unpaired) electrons. The molecular weight excluding hydrogens is 258 g/mol. The van der Waals surface area contributed by atoms with Gasteiger partial charge in [-0.2, -0.15) is 0 Å². The fourth-order valence-corrected chi connectivity index (χ4v) is 1.79. The molecule has 0 aliphatic rings. The summed E-state index contributed by atoms with van der Waals surface area (Å²) in [6.07, 6.45) is 0. The molecular formula is C14H11ClF2O. The lowest BCUT2D eigenvalue weighted by Crippen LogP contribution is -1.91. The minimum atomic E-state index is -0.667. The van der Waals surface area contributed by atoms with Crippen LogP contribution in [0.15, 0.2) is 36.4 Å². The number of rotatable bonds is 3. The van der Waals surface area contributed by atoms with Crippen molar-refractivity contribution in [3.8, 4) is 11.5 Å². The molecule has 1 nitrogen and oxygen atoms in total.